The smallest absolute Gasteiger partial charge is 0.139 e. The fourth-order valence-corrected chi connectivity index (χ4v) is 2.36. The molecule has 4 heteroatoms. The van der Waals surface area contributed by atoms with Crippen molar-refractivity contribution < 1.29 is 18.3 Å². The van der Waals surface area contributed by atoms with E-state index in [9.17, 15) is 13.9 Å². The summed E-state index contributed by atoms with van der Waals surface area (Å²) in [7, 11) is 0. The SMILES string of the molecule is Cc1ccc2oc(C(O)c3cc(C)c(F)cc3F)cc2c1. The maximum atomic E-state index is 13.8. The second-order valence-corrected chi connectivity index (χ2v) is 5.22. The summed E-state index contributed by atoms with van der Waals surface area (Å²) in [5, 5.41) is 11.1. The van der Waals surface area contributed by atoms with E-state index in [2.05, 4.69) is 0 Å². The Labute approximate surface area is 120 Å². The highest BCUT2D eigenvalue weighted by Gasteiger charge is 2.20. The molecule has 0 aliphatic rings. The van der Waals surface area contributed by atoms with Crippen molar-refractivity contribution in [2.45, 2.75) is 20.0 Å². The number of hydrogen-bond acceptors (Lipinski definition) is 2. The fraction of sp³-hybridized carbons (Fsp3) is 0.176. The summed E-state index contributed by atoms with van der Waals surface area (Å²) in [5.41, 5.74) is 1.96. The van der Waals surface area contributed by atoms with Crippen LogP contribution in [0.3, 0.4) is 0 Å². The van der Waals surface area contributed by atoms with Gasteiger partial charge in [-0.2, -0.15) is 0 Å². The molecule has 0 aliphatic carbocycles. The number of halogens is 2. The number of hydrogen-bond donors (Lipinski definition) is 1. The normalized spacial score (nSPS) is 12.8. The molecule has 1 unspecified atom stereocenters. The Morgan fingerprint density at radius 3 is 2.52 bits per heavy atom. The molecule has 0 amide bonds. The topological polar surface area (TPSA) is 33.4 Å². The summed E-state index contributed by atoms with van der Waals surface area (Å²) in [5.74, 6) is -1.19. The van der Waals surface area contributed by atoms with Crippen LogP contribution >= 0.6 is 0 Å². The quantitative estimate of drug-likeness (QED) is 0.757. The van der Waals surface area contributed by atoms with Gasteiger partial charge in [-0.15, -0.1) is 0 Å². The standard InChI is InChI=1S/C17H14F2O2/c1-9-3-4-15-11(5-9)7-16(21-15)17(20)12-6-10(2)13(18)8-14(12)19/h3-8,17,20H,1-2H3. The number of aliphatic hydroxyl groups is 1. The minimum absolute atomic E-state index is 0.00433. The molecule has 108 valence electrons. The van der Waals surface area contributed by atoms with Crippen molar-refractivity contribution in [3.63, 3.8) is 0 Å². The molecule has 1 aromatic heterocycles. The average molecular weight is 288 g/mol. The van der Waals surface area contributed by atoms with Crippen LogP contribution in [0.25, 0.3) is 11.0 Å². The van der Waals surface area contributed by atoms with Crippen molar-refractivity contribution in [3.8, 4) is 0 Å². The zero-order valence-electron chi connectivity index (χ0n) is 11.7. The van der Waals surface area contributed by atoms with Crippen LogP contribution in [-0.4, -0.2) is 5.11 Å². The number of rotatable bonds is 2. The second kappa shape index (κ2) is 4.97. The molecule has 0 radical (unpaired) electrons. The van der Waals surface area contributed by atoms with Crippen LogP contribution in [0.4, 0.5) is 8.78 Å². The van der Waals surface area contributed by atoms with Crippen molar-refractivity contribution in [2.24, 2.45) is 0 Å². The molecule has 0 spiro atoms. The predicted octanol–water partition coefficient (Wildman–Crippen LogP) is 4.41. The summed E-state index contributed by atoms with van der Waals surface area (Å²) < 4.78 is 32.7. The van der Waals surface area contributed by atoms with Gasteiger partial charge in [-0.1, -0.05) is 11.6 Å². The summed E-state index contributed by atoms with van der Waals surface area (Å²) in [6.45, 7) is 3.47. The highest BCUT2D eigenvalue weighted by Crippen LogP contribution is 2.31. The molecule has 0 aliphatic heterocycles. The maximum absolute atomic E-state index is 13.8. The lowest BCUT2D eigenvalue weighted by atomic mass is 10.0. The van der Waals surface area contributed by atoms with Gasteiger partial charge in [0.1, 0.15) is 29.1 Å². The van der Waals surface area contributed by atoms with E-state index in [0.717, 1.165) is 17.0 Å². The van der Waals surface area contributed by atoms with Crippen molar-refractivity contribution in [2.75, 3.05) is 0 Å². The van der Waals surface area contributed by atoms with Crippen LogP contribution in [0.15, 0.2) is 40.8 Å². The molecule has 0 saturated heterocycles. The fourth-order valence-electron chi connectivity index (χ4n) is 2.36. The molecule has 0 bridgehead atoms. The average Bonchev–Trinajstić information content (AvgIpc) is 2.85. The molecule has 21 heavy (non-hydrogen) atoms. The number of furan rings is 1. The molecule has 2 aromatic carbocycles. The summed E-state index contributed by atoms with van der Waals surface area (Å²) in [6, 6.07) is 9.36. The van der Waals surface area contributed by atoms with Gasteiger partial charge in [-0.25, -0.2) is 8.78 Å². The lowest BCUT2D eigenvalue weighted by Crippen LogP contribution is -2.03. The van der Waals surface area contributed by atoms with E-state index >= 15 is 0 Å². The van der Waals surface area contributed by atoms with Gasteiger partial charge in [-0.3, -0.25) is 0 Å². The molecule has 1 heterocycles. The van der Waals surface area contributed by atoms with Gasteiger partial charge >= 0.3 is 0 Å². The van der Waals surface area contributed by atoms with E-state index in [4.69, 9.17) is 4.42 Å². The molecule has 1 N–H and O–H groups in total. The first kappa shape index (κ1) is 13.8. The van der Waals surface area contributed by atoms with Crippen LogP contribution in [0.5, 0.6) is 0 Å². The van der Waals surface area contributed by atoms with Gasteiger partial charge < -0.3 is 9.52 Å². The first-order chi connectivity index (χ1) is 9.95. The third kappa shape index (κ3) is 2.43. The van der Waals surface area contributed by atoms with Crippen LogP contribution in [0.1, 0.15) is 28.6 Å². The number of fused-ring (bicyclic) bond motifs is 1. The zero-order chi connectivity index (χ0) is 15.1. The Morgan fingerprint density at radius 1 is 1.00 bits per heavy atom. The molecular weight excluding hydrogens is 274 g/mol. The van der Waals surface area contributed by atoms with Crippen molar-refractivity contribution in [1.29, 1.82) is 0 Å². The van der Waals surface area contributed by atoms with Gasteiger partial charge in [-0.05, 0) is 43.7 Å². The number of aryl methyl sites for hydroxylation is 2. The molecular formula is C17H14F2O2. The van der Waals surface area contributed by atoms with Crippen molar-refractivity contribution in [1.82, 2.24) is 0 Å². The van der Waals surface area contributed by atoms with E-state index in [0.29, 0.717) is 5.58 Å². The predicted molar refractivity (Wildman–Crippen MR) is 76.1 cm³/mol. The monoisotopic (exact) mass is 288 g/mol. The Morgan fingerprint density at radius 2 is 1.76 bits per heavy atom. The molecule has 3 aromatic rings. The lowest BCUT2D eigenvalue weighted by Gasteiger charge is -2.10. The largest absolute Gasteiger partial charge is 0.458 e. The molecule has 2 nitrogen and oxygen atoms in total. The van der Waals surface area contributed by atoms with Crippen LogP contribution in [0.2, 0.25) is 0 Å². The lowest BCUT2D eigenvalue weighted by molar-refractivity contribution is 0.187. The maximum Gasteiger partial charge on any atom is 0.139 e. The first-order valence-corrected chi connectivity index (χ1v) is 6.59. The third-order valence-corrected chi connectivity index (χ3v) is 3.53. The summed E-state index contributed by atoms with van der Waals surface area (Å²) in [4.78, 5) is 0. The van der Waals surface area contributed by atoms with Crippen LogP contribution < -0.4 is 0 Å². The Balaban J connectivity index is 2.07. The van der Waals surface area contributed by atoms with E-state index in [1.807, 2.05) is 19.1 Å². The first-order valence-electron chi connectivity index (χ1n) is 6.59. The summed E-state index contributed by atoms with van der Waals surface area (Å²) >= 11 is 0. The highest BCUT2D eigenvalue weighted by atomic mass is 19.1. The van der Waals surface area contributed by atoms with E-state index in [-0.39, 0.29) is 16.9 Å². The zero-order valence-corrected chi connectivity index (χ0v) is 11.7. The van der Waals surface area contributed by atoms with Gasteiger partial charge in [0.05, 0.1) is 0 Å². The van der Waals surface area contributed by atoms with Crippen LogP contribution in [0, 0.1) is 25.5 Å². The van der Waals surface area contributed by atoms with Gasteiger partial charge in [0.25, 0.3) is 0 Å². The third-order valence-electron chi connectivity index (χ3n) is 3.53. The van der Waals surface area contributed by atoms with E-state index in [1.54, 1.807) is 12.1 Å². The summed E-state index contributed by atoms with van der Waals surface area (Å²) in [6.07, 6.45) is -1.27. The number of benzene rings is 2. The highest BCUT2D eigenvalue weighted by molar-refractivity contribution is 5.78. The van der Waals surface area contributed by atoms with Gasteiger partial charge in [0.2, 0.25) is 0 Å². The van der Waals surface area contributed by atoms with Crippen LogP contribution in [-0.2, 0) is 0 Å². The Bertz CT molecular complexity index is 821. The van der Waals surface area contributed by atoms with Gasteiger partial charge in [0, 0.05) is 17.0 Å². The molecule has 3 rings (SSSR count). The minimum atomic E-state index is -1.27. The van der Waals surface area contributed by atoms with E-state index < -0.39 is 17.7 Å². The molecule has 0 fully saturated rings. The van der Waals surface area contributed by atoms with Crippen molar-refractivity contribution in [3.05, 3.63) is 70.5 Å². The Hall–Kier alpha value is -2.20. The van der Waals surface area contributed by atoms with Gasteiger partial charge in [0.15, 0.2) is 0 Å². The van der Waals surface area contributed by atoms with Crippen molar-refractivity contribution >= 4 is 11.0 Å². The minimum Gasteiger partial charge on any atom is -0.458 e. The molecule has 0 saturated carbocycles. The number of aliphatic hydroxyl groups excluding tert-OH is 1. The molecule has 1 atom stereocenters. The van der Waals surface area contributed by atoms with E-state index in [1.165, 1.54) is 13.0 Å². The Kier molecular flexibility index (Phi) is 3.26. The second-order valence-electron chi connectivity index (χ2n) is 5.22.